The predicted molar refractivity (Wildman–Crippen MR) is 135 cm³/mol. The quantitative estimate of drug-likeness (QED) is 0.381. The van der Waals surface area contributed by atoms with Gasteiger partial charge in [0.15, 0.2) is 17.2 Å². The van der Waals surface area contributed by atoms with Crippen LogP contribution in [0, 0.1) is 22.7 Å². The number of carbonyl (C=O) groups is 3. The van der Waals surface area contributed by atoms with Crippen molar-refractivity contribution in [1.82, 2.24) is 0 Å². The van der Waals surface area contributed by atoms with Crippen LogP contribution >= 0.6 is 0 Å². The zero-order valence-corrected chi connectivity index (χ0v) is 22.5. The third kappa shape index (κ3) is 2.88. The number of hydrogen-bond donors (Lipinski definition) is 5. The van der Waals surface area contributed by atoms with Gasteiger partial charge in [0.2, 0.25) is 5.78 Å². The minimum atomic E-state index is -2.87. The monoisotopic (exact) mass is 512 g/mol. The van der Waals surface area contributed by atoms with Crippen molar-refractivity contribution < 1.29 is 39.9 Å². The first-order valence-corrected chi connectivity index (χ1v) is 12.7. The van der Waals surface area contributed by atoms with E-state index in [1.165, 1.54) is 13.0 Å². The molecule has 37 heavy (non-hydrogen) atoms. The van der Waals surface area contributed by atoms with E-state index in [1.54, 1.807) is 33.8 Å². The van der Waals surface area contributed by atoms with Crippen LogP contribution in [0.5, 0.6) is 5.75 Å². The van der Waals surface area contributed by atoms with E-state index in [2.05, 4.69) is 0 Å². The summed E-state index contributed by atoms with van der Waals surface area (Å²) in [5.41, 5.74) is -6.08. The average Bonchev–Trinajstić information content (AvgIpc) is 2.78. The molecular formula is C29H36O8. The molecule has 3 aliphatic carbocycles. The van der Waals surface area contributed by atoms with Crippen LogP contribution in [-0.2, 0) is 9.59 Å². The number of phenols is 1. The van der Waals surface area contributed by atoms with Crippen LogP contribution in [0.3, 0.4) is 0 Å². The van der Waals surface area contributed by atoms with E-state index in [0.717, 1.165) is 12.5 Å². The van der Waals surface area contributed by atoms with Crippen LogP contribution < -0.4 is 0 Å². The number of hydrogen-bond acceptors (Lipinski definition) is 8. The number of aliphatic hydroxyl groups is 4. The number of rotatable bonds is 3. The van der Waals surface area contributed by atoms with Gasteiger partial charge in [-0.2, -0.15) is 0 Å². The number of Topliss-reactive ketones (excluding diaryl/α,β-unsaturated/α-hetero) is 3. The molecule has 0 spiro atoms. The second-order valence-electron chi connectivity index (χ2n) is 11.9. The number of fused-ring (bicyclic) bond motifs is 3. The normalized spacial score (nSPS) is 35.6. The van der Waals surface area contributed by atoms with Gasteiger partial charge in [0.1, 0.15) is 22.8 Å². The molecule has 0 saturated carbocycles. The van der Waals surface area contributed by atoms with Crippen LogP contribution in [0.15, 0.2) is 34.8 Å². The highest BCUT2D eigenvalue weighted by Gasteiger charge is 2.76. The fourth-order valence-corrected chi connectivity index (χ4v) is 7.54. The number of aliphatic hydroxyl groups excluding tert-OH is 3. The lowest BCUT2D eigenvalue weighted by Crippen LogP contribution is -2.73. The van der Waals surface area contributed by atoms with Crippen molar-refractivity contribution in [2.75, 3.05) is 0 Å². The minimum Gasteiger partial charge on any atom is -0.511 e. The molecule has 6 atom stereocenters. The smallest absolute Gasteiger partial charge is 0.209 e. The van der Waals surface area contributed by atoms with E-state index in [4.69, 9.17) is 0 Å². The largest absolute Gasteiger partial charge is 0.511 e. The molecule has 200 valence electrons. The SMILES string of the molecule is CC(=O)C1=C(O)C(C(C)C)[C@@]2(C)[C@H](O)[C@]3(C)C(=C(O)[C@@]2(O)C1=O)C(=O)c1c(O)ccc(C(C)C)c1[C@H]3C. The molecule has 1 aromatic carbocycles. The number of aromatic hydroxyl groups is 1. The predicted octanol–water partition coefficient (Wildman–Crippen LogP) is 4.00. The van der Waals surface area contributed by atoms with Gasteiger partial charge in [-0.1, -0.05) is 54.5 Å². The van der Waals surface area contributed by atoms with Crippen molar-refractivity contribution in [2.24, 2.45) is 22.7 Å². The van der Waals surface area contributed by atoms with Crippen LogP contribution in [0.2, 0.25) is 0 Å². The third-order valence-electron chi connectivity index (χ3n) is 9.47. The zero-order chi connectivity index (χ0) is 28.2. The van der Waals surface area contributed by atoms with Crippen molar-refractivity contribution in [1.29, 1.82) is 0 Å². The van der Waals surface area contributed by atoms with Gasteiger partial charge in [-0.05, 0) is 41.9 Å². The fourth-order valence-electron chi connectivity index (χ4n) is 7.54. The van der Waals surface area contributed by atoms with Crippen molar-refractivity contribution in [3.8, 4) is 5.75 Å². The van der Waals surface area contributed by atoms with E-state index in [-0.39, 0.29) is 22.8 Å². The Kier molecular flexibility index (Phi) is 5.86. The highest BCUT2D eigenvalue weighted by atomic mass is 16.4. The van der Waals surface area contributed by atoms with Gasteiger partial charge in [0, 0.05) is 16.7 Å². The van der Waals surface area contributed by atoms with Crippen LogP contribution in [0.1, 0.15) is 88.7 Å². The summed E-state index contributed by atoms with van der Waals surface area (Å²) in [6.45, 7) is 13.1. The lowest BCUT2D eigenvalue weighted by molar-refractivity contribution is -0.211. The van der Waals surface area contributed by atoms with Gasteiger partial charge in [-0.3, -0.25) is 14.4 Å². The Bertz CT molecular complexity index is 1320. The number of benzene rings is 1. The van der Waals surface area contributed by atoms with E-state index >= 15 is 0 Å². The highest BCUT2D eigenvalue weighted by molar-refractivity contribution is 6.25. The minimum absolute atomic E-state index is 0.0367. The summed E-state index contributed by atoms with van der Waals surface area (Å²) >= 11 is 0. The number of carbonyl (C=O) groups excluding carboxylic acids is 3. The maximum absolute atomic E-state index is 14.0. The molecule has 0 aromatic heterocycles. The second kappa shape index (κ2) is 8.01. The molecular weight excluding hydrogens is 476 g/mol. The van der Waals surface area contributed by atoms with Crippen molar-refractivity contribution in [3.63, 3.8) is 0 Å². The first kappa shape index (κ1) is 27.1. The summed E-state index contributed by atoms with van der Waals surface area (Å²) in [5.74, 6) is -6.98. The summed E-state index contributed by atoms with van der Waals surface area (Å²) in [7, 11) is 0. The number of phenolic OH excluding ortho intramolecular Hbond substituents is 1. The molecule has 8 heteroatoms. The summed E-state index contributed by atoms with van der Waals surface area (Å²) in [6.07, 6.45) is -1.63. The molecule has 1 unspecified atom stereocenters. The van der Waals surface area contributed by atoms with Gasteiger partial charge in [-0.25, -0.2) is 0 Å². The van der Waals surface area contributed by atoms with Gasteiger partial charge in [0.25, 0.3) is 0 Å². The topological polar surface area (TPSA) is 152 Å². The lowest BCUT2D eigenvalue weighted by atomic mass is 9.41. The first-order chi connectivity index (χ1) is 16.9. The van der Waals surface area contributed by atoms with E-state index < -0.39 is 74.7 Å². The maximum atomic E-state index is 14.0. The zero-order valence-electron chi connectivity index (χ0n) is 22.5. The van der Waals surface area contributed by atoms with Gasteiger partial charge in [-0.15, -0.1) is 0 Å². The number of ketones is 3. The Morgan fingerprint density at radius 3 is 2.08 bits per heavy atom. The average molecular weight is 513 g/mol. The summed E-state index contributed by atoms with van der Waals surface area (Å²) in [6, 6.07) is 3.12. The molecule has 8 nitrogen and oxygen atoms in total. The van der Waals surface area contributed by atoms with Gasteiger partial charge in [0.05, 0.1) is 17.2 Å². The van der Waals surface area contributed by atoms with E-state index in [9.17, 15) is 39.9 Å². The third-order valence-corrected chi connectivity index (χ3v) is 9.47. The van der Waals surface area contributed by atoms with E-state index in [1.807, 2.05) is 13.8 Å². The van der Waals surface area contributed by atoms with Crippen LogP contribution in [0.25, 0.3) is 0 Å². The fraction of sp³-hybridized carbons (Fsp3) is 0.552. The van der Waals surface area contributed by atoms with Crippen molar-refractivity contribution in [2.45, 2.75) is 78.9 Å². The van der Waals surface area contributed by atoms with Crippen LogP contribution in [0.4, 0.5) is 0 Å². The molecule has 4 rings (SSSR count). The Labute approximate surface area is 216 Å². The molecule has 3 aliphatic rings. The van der Waals surface area contributed by atoms with E-state index in [0.29, 0.717) is 5.56 Å². The van der Waals surface area contributed by atoms with Crippen LogP contribution in [-0.4, -0.2) is 54.6 Å². The second-order valence-corrected chi connectivity index (χ2v) is 11.9. The number of allylic oxidation sites excluding steroid dienone is 1. The summed E-state index contributed by atoms with van der Waals surface area (Å²) in [4.78, 5) is 40.2. The molecule has 0 aliphatic heterocycles. The van der Waals surface area contributed by atoms with Crippen molar-refractivity contribution >= 4 is 17.3 Å². The molecule has 0 amide bonds. The summed E-state index contributed by atoms with van der Waals surface area (Å²) < 4.78 is 0. The Morgan fingerprint density at radius 2 is 1.59 bits per heavy atom. The Hall–Kier alpha value is -2.97. The molecule has 1 aromatic rings. The first-order valence-electron chi connectivity index (χ1n) is 12.7. The summed E-state index contributed by atoms with van der Waals surface area (Å²) in [5, 5.41) is 58.0. The molecule has 0 fully saturated rings. The van der Waals surface area contributed by atoms with Crippen molar-refractivity contribution in [3.05, 3.63) is 51.5 Å². The molecule has 0 radical (unpaired) electrons. The highest BCUT2D eigenvalue weighted by Crippen LogP contribution is 2.67. The Morgan fingerprint density at radius 1 is 1.03 bits per heavy atom. The Balaban J connectivity index is 2.19. The standard InChI is InChI=1S/C29H36O8/c1-11(2)15-9-10-16(31)19-17(15)13(5)27(7)21(23(19)33)25(35)29(37)24(34)18(14(6)30)22(32)20(12(3)4)28(29,8)26(27)36/h9-13,20,26,31-32,35-37H,1-8H3/t13-,20?,26-,27+,28+,29+/m1/s1. The lowest BCUT2D eigenvalue weighted by Gasteiger charge is -2.63. The van der Waals surface area contributed by atoms with Gasteiger partial charge >= 0.3 is 0 Å². The maximum Gasteiger partial charge on any atom is 0.209 e. The molecule has 0 saturated heterocycles. The van der Waals surface area contributed by atoms with Gasteiger partial charge < -0.3 is 25.5 Å². The molecule has 0 heterocycles. The molecule has 0 bridgehead atoms. The molecule has 5 N–H and O–H groups in total.